The number of hydrogen-bond donors (Lipinski definition) is 2. The molecule has 0 aliphatic heterocycles. The maximum atomic E-state index is 9.54. The zero-order valence-electron chi connectivity index (χ0n) is 7.91. The zero-order valence-corrected chi connectivity index (χ0v) is 7.91. The van der Waals surface area contributed by atoms with Gasteiger partial charge in [-0.05, 0) is 12.3 Å². The Balaban J connectivity index is 3.90. The van der Waals surface area contributed by atoms with E-state index in [0.29, 0.717) is 6.42 Å². The van der Waals surface area contributed by atoms with E-state index in [0.717, 1.165) is 0 Å². The molecular weight excluding hydrogens is 140 g/mol. The third-order valence-electron chi connectivity index (χ3n) is 2.25. The highest BCUT2D eigenvalue weighted by atomic mass is 16.3. The van der Waals surface area contributed by atoms with Crippen molar-refractivity contribution in [2.24, 2.45) is 11.8 Å². The van der Waals surface area contributed by atoms with Crippen LogP contribution in [0.4, 0.5) is 0 Å². The highest BCUT2D eigenvalue weighted by Gasteiger charge is 2.23. The van der Waals surface area contributed by atoms with E-state index in [1.54, 1.807) is 0 Å². The fourth-order valence-corrected chi connectivity index (χ4v) is 1.21. The van der Waals surface area contributed by atoms with Gasteiger partial charge in [-0.3, -0.25) is 0 Å². The van der Waals surface area contributed by atoms with Crippen LogP contribution in [0.15, 0.2) is 0 Å². The van der Waals surface area contributed by atoms with Crippen LogP contribution in [0.5, 0.6) is 0 Å². The molecule has 0 radical (unpaired) electrons. The lowest BCUT2D eigenvalue weighted by Crippen LogP contribution is -2.32. The summed E-state index contributed by atoms with van der Waals surface area (Å²) >= 11 is 0. The molecule has 3 atom stereocenters. The first-order valence-corrected chi connectivity index (χ1v) is 4.36. The molecule has 11 heavy (non-hydrogen) atoms. The smallest absolute Gasteiger partial charge is 0.0613 e. The van der Waals surface area contributed by atoms with Crippen LogP contribution in [0.25, 0.3) is 0 Å². The average Bonchev–Trinajstić information content (AvgIpc) is 2.00. The number of rotatable bonds is 4. The van der Waals surface area contributed by atoms with Crippen LogP contribution in [0, 0.1) is 11.8 Å². The van der Waals surface area contributed by atoms with E-state index in [2.05, 4.69) is 0 Å². The lowest BCUT2D eigenvalue weighted by atomic mass is 9.89. The van der Waals surface area contributed by atoms with Crippen molar-refractivity contribution in [3.05, 3.63) is 0 Å². The van der Waals surface area contributed by atoms with Crippen molar-refractivity contribution < 1.29 is 10.2 Å². The lowest BCUT2D eigenvalue weighted by Gasteiger charge is -2.25. The average molecular weight is 160 g/mol. The standard InChI is InChI=1S/C9H20O2/c1-5-8(10)7(4)9(11)6(2)3/h6-11H,5H2,1-4H3/t7-,8+,9+/m0/s1. The Morgan fingerprint density at radius 2 is 1.55 bits per heavy atom. The third kappa shape index (κ3) is 3.21. The second-order valence-corrected chi connectivity index (χ2v) is 3.57. The summed E-state index contributed by atoms with van der Waals surface area (Å²) < 4.78 is 0. The second-order valence-electron chi connectivity index (χ2n) is 3.57. The molecular formula is C9H20O2. The summed E-state index contributed by atoms with van der Waals surface area (Å²) in [4.78, 5) is 0. The van der Waals surface area contributed by atoms with Crippen molar-refractivity contribution in [1.82, 2.24) is 0 Å². The minimum atomic E-state index is -0.384. The van der Waals surface area contributed by atoms with E-state index in [1.807, 2.05) is 27.7 Å². The summed E-state index contributed by atoms with van der Waals surface area (Å²) in [7, 11) is 0. The van der Waals surface area contributed by atoms with E-state index in [4.69, 9.17) is 0 Å². The summed E-state index contributed by atoms with van der Waals surface area (Å²) in [5.41, 5.74) is 0. The van der Waals surface area contributed by atoms with Gasteiger partial charge in [0.1, 0.15) is 0 Å². The normalized spacial score (nSPS) is 19.9. The third-order valence-corrected chi connectivity index (χ3v) is 2.25. The highest BCUT2D eigenvalue weighted by Crippen LogP contribution is 2.17. The van der Waals surface area contributed by atoms with Gasteiger partial charge in [-0.1, -0.05) is 27.7 Å². The SMILES string of the molecule is CC[C@@H](O)[C@H](C)[C@H](O)C(C)C. The molecule has 0 rings (SSSR count). The topological polar surface area (TPSA) is 40.5 Å². The molecule has 0 aromatic rings. The molecule has 0 amide bonds. The molecule has 0 aromatic heterocycles. The van der Waals surface area contributed by atoms with Gasteiger partial charge in [0.25, 0.3) is 0 Å². The molecule has 68 valence electrons. The highest BCUT2D eigenvalue weighted by molar-refractivity contribution is 4.73. The van der Waals surface area contributed by atoms with Crippen molar-refractivity contribution in [1.29, 1.82) is 0 Å². The predicted molar refractivity (Wildman–Crippen MR) is 46.3 cm³/mol. The van der Waals surface area contributed by atoms with Gasteiger partial charge in [-0.15, -0.1) is 0 Å². The maximum absolute atomic E-state index is 9.54. The van der Waals surface area contributed by atoms with E-state index in [1.165, 1.54) is 0 Å². The van der Waals surface area contributed by atoms with Gasteiger partial charge in [0.05, 0.1) is 12.2 Å². The van der Waals surface area contributed by atoms with Crippen LogP contribution in [0.3, 0.4) is 0 Å². The van der Waals surface area contributed by atoms with E-state index in [-0.39, 0.29) is 24.0 Å². The molecule has 2 heteroatoms. The zero-order chi connectivity index (χ0) is 9.02. The largest absolute Gasteiger partial charge is 0.393 e. The molecule has 2 nitrogen and oxygen atoms in total. The van der Waals surface area contributed by atoms with Gasteiger partial charge in [-0.2, -0.15) is 0 Å². The van der Waals surface area contributed by atoms with Gasteiger partial charge in [0.15, 0.2) is 0 Å². The molecule has 0 saturated heterocycles. The predicted octanol–water partition coefficient (Wildman–Crippen LogP) is 1.41. The number of aliphatic hydroxyl groups is 2. The monoisotopic (exact) mass is 160 g/mol. The van der Waals surface area contributed by atoms with Gasteiger partial charge < -0.3 is 10.2 Å². The van der Waals surface area contributed by atoms with Crippen molar-refractivity contribution in [3.63, 3.8) is 0 Å². The number of aliphatic hydroxyl groups excluding tert-OH is 2. The molecule has 0 heterocycles. The van der Waals surface area contributed by atoms with Crippen molar-refractivity contribution in [3.8, 4) is 0 Å². The molecule has 0 spiro atoms. The Hall–Kier alpha value is -0.0800. The van der Waals surface area contributed by atoms with E-state index >= 15 is 0 Å². The summed E-state index contributed by atoms with van der Waals surface area (Å²) in [6.07, 6.45) is -0.0392. The second kappa shape index (κ2) is 4.73. The molecule has 0 bridgehead atoms. The van der Waals surface area contributed by atoms with Crippen LogP contribution < -0.4 is 0 Å². The van der Waals surface area contributed by atoms with Crippen molar-refractivity contribution in [2.45, 2.75) is 46.3 Å². The first-order chi connectivity index (χ1) is 5.00. The molecule has 0 fully saturated rings. The van der Waals surface area contributed by atoms with Crippen LogP contribution in [0.2, 0.25) is 0 Å². The van der Waals surface area contributed by atoms with Crippen LogP contribution in [0.1, 0.15) is 34.1 Å². The van der Waals surface area contributed by atoms with Gasteiger partial charge in [0, 0.05) is 5.92 Å². The first-order valence-electron chi connectivity index (χ1n) is 4.36. The molecule has 2 N–H and O–H groups in total. The van der Waals surface area contributed by atoms with Crippen molar-refractivity contribution >= 4 is 0 Å². The Morgan fingerprint density at radius 3 is 1.82 bits per heavy atom. The van der Waals surface area contributed by atoms with Gasteiger partial charge in [0.2, 0.25) is 0 Å². The minimum absolute atomic E-state index is 0.0139. The molecule has 0 unspecified atom stereocenters. The van der Waals surface area contributed by atoms with Crippen LogP contribution in [-0.4, -0.2) is 22.4 Å². The van der Waals surface area contributed by atoms with Gasteiger partial charge in [-0.25, -0.2) is 0 Å². The Labute approximate surface area is 69.2 Å². The minimum Gasteiger partial charge on any atom is -0.393 e. The number of hydrogen-bond acceptors (Lipinski definition) is 2. The Bertz CT molecular complexity index is 102. The van der Waals surface area contributed by atoms with Crippen LogP contribution >= 0.6 is 0 Å². The lowest BCUT2D eigenvalue weighted by molar-refractivity contribution is -0.00322. The fourth-order valence-electron chi connectivity index (χ4n) is 1.21. The summed E-state index contributed by atoms with van der Waals surface area (Å²) in [6.45, 7) is 7.74. The molecule has 0 aliphatic rings. The summed E-state index contributed by atoms with van der Waals surface area (Å²) in [6, 6.07) is 0. The molecule has 0 aliphatic carbocycles. The van der Waals surface area contributed by atoms with Gasteiger partial charge >= 0.3 is 0 Å². The summed E-state index contributed by atoms with van der Waals surface area (Å²) in [5.74, 6) is 0.214. The quantitative estimate of drug-likeness (QED) is 0.653. The molecule has 0 saturated carbocycles. The van der Waals surface area contributed by atoms with Crippen molar-refractivity contribution in [2.75, 3.05) is 0 Å². The van der Waals surface area contributed by atoms with Crippen LogP contribution in [-0.2, 0) is 0 Å². The fraction of sp³-hybridized carbons (Fsp3) is 1.00. The summed E-state index contributed by atoms with van der Waals surface area (Å²) in [5, 5.41) is 18.9. The van der Waals surface area contributed by atoms with E-state index in [9.17, 15) is 10.2 Å². The molecule has 0 aromatic carbocycles. The first kappa shape index (κ1) is 10.9. The Kier molecular flexibility index (Phi) is 4.69. The maximum Gasteiger partial charge on any atom is 0.0613 e. The Morgan fingerprint density at radius 1 is 1.09 bits per heavy atom. The van der Waals surface area contributed by atoms with E-state index < -0.39 is 0 Å².